The molecule has 0 spiro atoms. The van der Waals surface area contributed by atoms with Gasteiger partial charge in [-0.25, -0.2) is 4.98 Å². The highest BCUT2D eigenvalue weighted by molar-refractivity contribution is 6.33. The van der Waals surface area contributed by atoms with Crippen LogP contribution < -0.4 is 16.4 Å². The molecule has 8 nitrogen and oxygen atoms in total. The number of anilines is 1. The molecule has 5 rings (SSSR count). The van der Waals surface area contributed by atoms with Crippen LogP contribution >= 0.6 is 11.6 Å². The van der Waals surface area contributed by atoms with Crippen LogP contribution in [0.25, 0.3) is 32.8 Å². The lowest BCUT2D eigenvalue weighted by atomic mass is 9.97. The summed E-state index contributed by atoms with van der Waals surface area (Å²) in [4.78, 5) is 23.1. The quantitative estimate of drug-likeness (QED) is 0.102. The number of nitrogens with one attached hydrogen (secondary N) is 2. The Morgan fingerprint density at radius 1 is 0.977 bits per heavy atom. The zero-order chi connectivity index (χ0) is 30.9. The molecular formula is C35H36ClN7O. The summed E-state index contributed by atoms with van der Waals surface area (Å²) in [5, 5.41) is 19.8. The summed E-state index contributed by atoms with van der Waals surface area (Å²) >= 11 is 6.64. The van der Waals surface area contributed by atoms with Gasteiger partial charge in [-0.3, -0.25) is 9.78 Å². The van der Waals surface area contributed by atoms with Gasteiger partial charge < -0.3 is 21.3 Å². The van der Waals surface area contributed by atoms with Crippen LogP contribution in [0.4, 0.5) is 5.82 Å². The minimum absolute atomic E-state index is 0.360. The Morgan fingerprint density at radius 3 is 2.66 bits per heavy atom. The predicted octanol–water partition coefficient (Wildman–Crippen LogP) is 6.18. The second-order valence-corrected chi connectivity index (χ2v) is 11.3. The first-order valence-corrected chi connectivity index (χ1v) is 15.2. The molecule has 3 aromatic carbocycles. The van der Waals surface area contributed by atoms with Gasteiger partial charge in [-0.05, 0) is 73.9 Å². The van der Waals surface area contributed by atoms with E-state index in [4.69, 9.17) is 27.6 Å². The van der Waals surface area contributed by atoms with E-state index in [1.54, 1.807) is 18.3 Å². The van der Waals surface area contributed by atoms with Crippen LogP contribution in [0.2, 0.25) is 5.02 Å². The highest BCUT2D eigenvalue weighted by Crippen LogP contribution is 2.32. The van der Waals surface area contributed by atoms with Crippen LogP contribution in [0.15, 0.2) is 79.1 Å². The molecule has 4 N–H and O–H groups in total. The van der Waals surface area contributed by atoms with E-state index in [1.165, 1.54) is 0 Å². The van der Waals surface area contributed by atoms with Crippen molar-refractivity contribution in [1.29, 1.82) is 5.26 Å². The van der Waals surface area contributed by atoms with E-state index < -0.39 is 5.91 Å². The number of amides is 1. The normalized spacial score (nSPS) is 11.2. The molecule has 2 aromatic heterocycles. The SMILES string of the molecule is CN(CCCCNCc1ccc(-c2ccccc2CC#N)c(Cl)c1)CCNc1nc2cc(C(N)=O)ccc2c2cnccc12. The molecular weight excluding hydrogens is 570 g/mol. The lowest BCUT2D eigenvalue weighted by molar-refractivity contribution is 0.100. The third-order valence-corrected chi connectivity index (χ3v) is 8.06. The number of likely N-dealkylation sites (N-methyl/N-ethyl adjacent to an activating group) is 1. The number of hydrogen-bond acceptors (Lipinski definition) is 7. The number of benzene rings is 3. The Balaban J connectivity index is 1.06. The number of halogens is 1. The smallest absolute Gasteiger partial charge is 0.248 e. The summed E-state index contributed by atoms with van der Waals surface area (Å²) in [6.07, 6.45) is 6.10. The van der Waals surface area contributed by atoms with E-state index in [9.17, 15) is 4.79 Å². The minimum Gasteiger partial charge on any atom is -0.368 e. The van der Waals surface area contributed by atoms with Crippen molar-refractivity contribution < 1.29 is 4.79 Å². The first-order chi connectivity index (χ1) is 21.4. The number of pyridine rings is 2. The van der Waals surface area contributed by atoms with Crippen LogP contribution in [0.3, 0.4) is 0 Å². The van der Waals surface area contributed by atoms with Gasteiger partial charge in [0.15, 0.2) is 0 Å². The van der Waals surface area contributed by atoms with Gasteiger partial charge in [-0.15, -0.1) is 0 Å². The van der Waals surface area contributed by atoms with Crippen LogP contribution in [0, 0.1) is 11.3 Å². The van der Waals surface area contributed by atoms with E-state index in [1.807, 2.05) is 54.7 Å². The molecule has 1 amide bonds. The van der Waals surface area contributed by atoms with Gasteiger partial charge in [-0.2, -0.15) is 5.26 Å². The molecule has 5 aromatic rings. The van der Waals surface area contributed by atoms with Crippen molar-refractivity contribution in [2.75, 3.05) is 38.5 Å². The number of rotatable bonds is 14. The van der Waals surface area contributed by atoms with Crippen molar-refractivity contribution in [3.63, 3.8) is 0 Å². The Morgan fingerprint density at radius 2 is 1.84 bits per heavy atom. The number of nitrogens with zero attached hydrogens (tertiary/aromatic N) is 4. The molecule has 0 aliphatic rings. The molecule has 0 fully saturated rings. The maximum absolute atomic E-state index is 11.7. The van der Waals surface area contributed by atoms with Crippen molar-refractivity contribution in [1.82, 2.24) is 20.2 Å². The molecule has 44 heavy (non-hydrogen) atoms. The van der Waals surface area contributed by atoms with Crippen LogP contribution in [-0.4, -0.2) is 54.0 Å². The molecule has 0 unspecified atom stereocenters. The number of fused-ring (bicyclic) bond motifs is 3. The number of unbranched alkanes of at least 4 members (excludes halogenated alkanes) is 1. The Hall–Kier alpha value is -4.55. The number of hydrogen-bond donors (Lipinski definition) is 3. The van der Waals surface area contributed by atoms with Crippen LogP contribution in [0.5, 0.6) is 0 Å². The fraction of sp³-hybridized carbons (Fsp3) is 0.257. The summed E-state index contributed by atoms with van der Waals surface area (Å²) in [7, 11) is 2.13. The first kappa shape index (κ1) is 30.9. The van der Waals surface area contributed by atoms with Gasteiger partial charge in [0.2, 0.25) is 5.91 Å². The molecule has 0 saturated carbocycles. The monoisotopic (exact) mass is 605 g/mol. The molecule has 0 aliphatic heterocycles. The molecule has 0 aliphatic carbocycles. The molecule has 0 atom stereocenters. The first-order valence-electron chi connectivity index (χ1n) is 14.8. The second-order valence-electron chi connectivity index (χ2n) is 10.9. The maximum atomic E-state index is 11.7. The van der Waals surface area contributed by atoms with Gasteiger partial charge in [0, 0.05) is 64.3 Å². The number of aromatic nitrogens is 2. The van der Waals surface area contributed by atoms with Gasteiger partial charge in [0.25, 0.3) is 0 Å². The summed E-state index contributed by atoms with van der Waals surface area (Å²) in [5.41, 5.74) is 10.7. The summed E-state index contributed by atoms with van der Waals surface area (Å²) in [6, 6.07) is 23.6. The maximum Gasteiger partial charge on any atom is 0.248 e. The van der Waals surface area contributed by atoms with Gasteiger partial charge in [-0.1, -0.05) is 54.1 Å². The minimum atomic E-state index is -0.472. The summed E-state index contributed by atoms with van der Waals surface area (Å²) in [5.74, 6) is 0.300. The average molecular weight is 606 g/mol. The van der Waals surface area contributed by atoms with E-state index in [0.717, 1.165) is 89.8 Å². The number of carbonyl (C=O) groups excluding carboxylic acids is 1. The Kier molecular flexibility index (Phi) is 10.4. The largest absolute Gasteiger partial charge is 0.368 e. The lowest BCUT2D eigenvalue weighted by Gasteiger charge is -2.18. The van der Waals surface area contributed by atoms with E-state index >= 15 is 0 Å². The van der Waals surface area contributed by atoms with E-state index in [-0.39, 0.29) is 0 Å². The zero-order valence-electron chi connectivity index (χ0n) is 24.8. The second kappa shape index (κ2) is 14.8. The molecule has 9 heteroatoms. The van der Waals surface area contributed by atoms with Crippen LogP contribution in [0.1, 0.15) is 34.3 Å². The molecule has 0 bridgehead atoms. The van der Waals surface area contributed by atoms with E-state index in [0.29, 0.717) is 22.5 Å². The third-order valence-electron chi connectivity index (χ3n) is 7.75. The fourth-order valence-electron chi connectivity index (χ4n) is 5.39. The third kappa shape index (κ3) is 7.50. The van der Waals surface area contributed by atoms with Crippen molar-refractivity contribution in [3.8, 4) is 17.2 Å². The van der Waals surface area contributed by atoms with Crippen molar-refractivity contribution in [2.24, 2.45) is 5.73 Å². The van der Waals surface area contributed by atoms with Crippen LogP contribution in [-0.2, 0) is 13.0 Å². The Labute approximate surface area is 262 Å². The van der Waals surface area contributed by atoms with Gasteiger partial charge in [0.05, 0.1) is 18.0 Å². The number of nitrogens with two attached hydrogens (primary N) is 1. The van der Waals surface area contributed by atoms with E-state index in [2.05, 4.69) is 39.7 Å². The average Bonchev–Trinajstić information content (AvgIpc) is 3.03. The summed E-state index contributed by atoms with van der Waals surface area (Å²) in [6.45, 7) is 4.26. The molecule has 0 radical (unpaired) electrons. The summed E-state index contributed by atoms with van der Waals surface area (Å²) < 4.78 is 0. The highest BCUT2D eigenvalue weighted by atomic mass is 35.5. The number of carbonyl (C=O) groups is 1. The Bertz CT molecular complexity index is 1820. The van der Waals surface area contributed by atoms with Crippen molar-refractivity contribution in [2.45, 2.75) is 25.8 Å². The highest BCUT2D eigenvalue weighted by Gasteiger charge is 2.12. The molecule has 224 valence electrons. The van der Waals surface area contributed by atoms with Crippen molar-refractivity contribution >= 4 is 45.0 Å². The zero-order valence-corrected chi connectivity index (χ0v) is 25.6. The lowest BCUT2D eigenvalue weighted by Crippen LogP contribution is -2.27. The number of nitriles is 1. The van der Waals surface area contributed by atoms with Gasteiger partial charge in [0.1, 0.15) is 5.82 Å². The predicted molar refractivity (Wildman–Crippen MR) is 179 cm³/mol. The molecule has 2 heterocycles. The van der Waals surface area contributed by atoms with Gasteiger partial charge >= 0.3 is 0 Å². The number of primary amides is 1. The van der Waals surface area contributed by atoms with Crippen molar-refractivity contribution in [3.05, 3.63) is 101 Å². The topological polar surface area (TPSA) is 120 Å². The molecule has 0 saturated heterocycles. The standard InChI is InChI=1S/C35H36ClN7O/c1-43(19-17-41-35-30-13-16-40-23-31(30)29-11-9-26(34(38)44)21-33(29)42-35)18-5-4-15-39-22-24-8-10-28(32(36)20-24)27-7-3-2-6-25(27)12-14-37/h2-3,6-11,13,16,20-21,23,39H,4-5,12,15,17-19,22H2,1H3,(H2,38,44)(H,41,42). The fourth-order valence-corrected chi connectivity index (χ4v) is 5.69.